The molecule has 1 saturated carbocycles. The maximum absolute atomic E-state index is 15.7. The molecule has 0 spiro atoms. The number of ketones is 2. The number of fused-ring (bicyclic) bond motifs is 5. The highest BCUT2D eigenvalue weighted by Gasteiger charge is 2.89. The van der Waals surface area contributed by atoms with Crippen LogP contribution in [0.4, 0.5) is 0 Å². The molecular formula is C40H36O2. The van der Waals surface area contributed by atoms with Crippen LogP contribution in [0.1, 0.15) is 62.8 Å². The van der Waals surface area contributed by atoms with Gasteiger partial charge in [0.15, 0.2) is 11.6 Å². The van der Waals surface area contributed by atoms with Crippen molar-refractivity contribution in [2.24, 2.45) is 16.2 Å². The molecule has 208 valence electrons. The zero-order valence-electron chi connectivity index (χ0n) is 24.8. The summed E-state index contributed by atoms with van der Waals surface area (Å²) < 4.78 is 0. The van der Waals surface area contributed by atoms with Crippen LogP contribution in [0.15, 0.2) is 127 Å². The van der Waals surface area contributed by atoms with E-state index in [4.69, 9.17) is 0 Å². The minimum Gasteiger partial charge on any atom is -0.298 e. The zero-order chi connectivity index (χ0) is 29.3. The smallest absolute Gasteiger partial charge is 0.167 e. The summed E-state index contributed by atoms with van der Waals surface area (Å²) in [6.45, 7) is 8.49. The van der Waals surface area contributed by atoms with E-state index in [9.17, 15) is 0 Å². The lowest BCUT2D eigenvalue weighted by Crippen LogP contribution is -2.56. The second-order valence-electron chi connectivity index (χ2n) is 12.3. The van der Waals surface area contributed by atoms with Crippen molar-refractivity contribution in [2.75, 3.05) is 0 Å². The Morgan fingerprint density at radius 3 is 1.43 bits per heavy atom. The molecule has 0 aromatic heterocycles. The van der Waals surface area contributed by atoms with Crippen molar-refractivity contribution in [3.05, 3.63) is 149 Å². The molecule has 0 amide bonds. The van der Waals surface area contributed by atoms with Gasteiger partial charge in [-0.3, -0.25) is 9.59 Å². The second kappa shape index (κ2) is 9.10. The number of carbonyl (C=O) groups is 2. The van der Waals surface area contributed by atoms with Crippen molar-refractivity contribution in [3.63, 3.8) is 0 Å². The lowest BCUT2D eigenvalue weighted by atomic mass is 9.43. The monoisotopic (exact) mass is 548 g/mol. The van der Waals surface area contributed by atoms with E-state index in [1.165, 1.54) is 0 Å². The van der Waals surface area contributed by atoms with E-state index in [0.717, 1.165) is 44.5 Å². The Morgan fingerprint density at radius 1 is 0.548 bits per heavy atom. The molecule has 7 rings (SSSR count). The van der Waals surface area contributed by atoms with Gasteiger partial charge in [-0.05, 0) is 65.7 Å². The van der Waals surface area contributed by atoms with Gasteiger partial charge < -0.3 is 0 Å². The van der Waals surface area contributed by atoms with Crippen LogP contribution in [0.5, 0.6) is 0 Å². The molecule has 0 saturated heterocycles. The molecule has 0 aliphatic heterocycles. The largest absolute Gasteiger partial charge is 0.298 e. The van der Waals surface area contributed by atoms with Gasteiger partial charge in [-0.2, -0.15) is 0 Å². The number of carbonyl (C=O) groups excluding carboxylic acids is 2. The number of rotatable bonds is 6. The summed E-state index contributed by atoms with van der Waals surface area (Å²) in [6, 6.07) is 41.6. The maximum Gasteiger partial charge on any atom is 0.167 e. The molecule has 4 atom stereocenters. The van der Waals surface area contributed by atoms with Crippen LogP contribution in [0, 0.1) is 16.2 Å². The Morgan fingerprint density at radius 2 is 0.976 bits per heavy atom. The highest BCUT2D eigenvalue weighted by molar-refractivity contribution is 6.33. The normalized spacial score (nSPS) is 29.9. The quantitative estimate of drug-likeness (QED) is 0.241. The second-order valence-corrected chi connectivity index (χ2v) is 12.3. The lowest BCUT2D eigenvalue weighted by Gasteiger charge is -2.56. The predicted molar refractivity (Wildman–Crippen MR) is 170 cm³/mol. The summed E-state index contributed by atoms with van der Waals surface area (Å²) >= 11 is 0. The highest BCUT2D eigenvalue weighted by Crippen LogP contribution is 2.86. The lowest BCUT2D eigenvalue weighted by molar-refractivity contribution is -0.136. The molecular weight excluding hydrogens is 512 g/mol. The van der Waals surface area contributed by atoms with E-state index in [2.05, 4.69) is 100 Å². The summed E-state index contributed by atoms with van der Waals surface area (Å²) in [6.07, 6.45) is 1.15. The fourth-order valence-electron chi connectivity index (χ4n) is 9.74. The van der Waals surface area contributed by atoms with Gasteiger partial charge >= 0.3 is 0 Å². The summed E-state index contributed by atoms with van der Waals surface area (Å²) in [7, 11) is 0. The van der Waals surface area contributed by atoms with Gasteiger partial charge in [-0.15, -0.1) is 0 Å². The molecule has 42 heavy (non-hydrogen) atoms. The van der Waals surface area contributed by atoms with E-state index in [0.29, 0.717) is 12.8 Å². The van der Waals surface area contributed by atoms with Gasteiger partial charge in [-0.1, -0.05) is 135 Å². The van der Waals surface area contributed by atoms with Gasteiger partial charge in [0.2, 0.25) is 0 Å². The van der Waals surface area contributed by atoms with E-state index < -0.39 is 21.7 Å². The Hall–Kier alpha value is -4.30. The van der Waals surface area contributed by atoms with Crippen LogP contribution in [0.25, 0.3) is 16.7 Å². The van der Waals surface area contributed by atoms with Crippen molar-refractivity contribution >= 4 is 28.3 Å². The molecule has 2 heteroatoms. The molecule has 0 radical (unpaired) electrons. The minimum absolute atomic E-state index is 0.118. The van der Waals surface area contributed by atoms with Crippen LogP contribution < -0.4 is 0 Å². The topological polar surface area (TPSA) is 34.1 Å². The molecule has 0 heterocycles. The van der Waals surface area contributed by atoms with Crippen LogP contribution in [0.3, 0.4) is 0 Å². The standard InChI is InChI=1S/C40H36O2/c1-5-31-32(27-19-11-7-12-20-27)40(30-25-17-10-18-26-30)37(3)33(28-21-13-8-14-22-28)34(29-23-15-9-16-24-29)39(6-2,36(37)42)38(40,4)35(31)41/h7-26H,5-6H2,1-4H3. The SMILES string of the molecule is CCC1=C(c2ccccc2)C2(c3ccccc3)C3(C)C(=O)C(CC)(C(c4ccccc4)=C3c3ccccc3)C2(C)C1=O. The summed E-state index contributed by atoms with van der Waals surface area (Å²) in [5.74, 6) is 0.283. The van der Waals surface area contributed by atoms with Crippen molar-refractivity contribution in [2.45, 2.75) is 46.0 Å². The molecule has 3 aliphatic carbocycles. The van der Waals surface area contributed by atoms with Gasteiger partial charge in [0, 0.05) is 5.57 Å². The number of hydrogen-bond donors (Lipinski definition) is 0. The highest BCUT2D eigenvalue weighted by atomic mass is 16.1. The Balaban J connectivity index is 1.76. The van der Waals surface area contributed by atoms with Gasteiger partial charge in [-0.25, -0.2) is 0 Å². The Kier molecular flexibility index (Phi) is 5.76. The van der Waals surface area contributed by atoms with Crippen LogP contribution in [-0.4, -0.2) is 11.6 Å². The van der Waals surface area contributed by atoms with Crippen LogP contribution in [-0.2, 0) is 15.0 Å². The molecule has 3 aliphatic rings. The first kappa shape index (κ1) is 26.6. The molecule has 2 bridgehead atoms. The first-order valence-electron chi connectivity index (χ1n) is 15.2. The summed E-state index contributed by atoms with van der Waals surface area (Å²) in [5, 5.41) is 0. The van der Waals surface area contributed by atoms with E-state index >= 15 is 9.59 Å². The fourth-order valence-corrected chi connectivity index (χ4v) is 9.74. The number of benzene rings is 4. The van der Waals surface area contributed by atoms with Gasteiger partial charge in [0.25, 0.3) is 0 Å². The molecule has 4 aromatic carbocycles. The molecule has 1 fully saturated rings. The van der Waals surface area contributed by atoms with Gasteiger partial charge in [0.1, 0.15) is 0 Å². The first-order chi connectivity index (χ1) is 20.4. The maximum atomic E-state index is 15.7. The molecule has 4 aromatic rings. The van der Waals surface area contributed by atoms with Crippen molar-refractivity contribution in [1.29, 1.82) is 0 Å². The fraction of sp³-hybridized carbons (Fsp3) is 0.250. The van der Waals surface area contributed by atoms with E-state index in [-0.39, 0.29) is 11.6 Å². The van der Waals surface area contributed by atoms with Crippen molar-refractivity contribution < 1.29 is 9.59 Å². The van der Waals surface area contributed by atoms with Crippen LogP contribution in [0.2, 0.25) is 0 Å². The molecule has 2 nitrogen and oxygen atoms in total. The predicted octanol–water partition coefficient (Wildman–Crippen LogP) is 8.99. The average molecular weight is 549 g/mol. The van der Waals surface area contributed by atoms with E-state index in [1.54, 1.807) is 0 Å². The first-order valence-corrected chi connectivity index (χ1v) is 15.2. The number of Topliss-reactive ketones (excluding diaryl/α,β-unsaturated/α-hetero) is 2. The van der Waals surface area contributed by atoms with Gasteiger partial charge in [0.05, 0.1) is 21.7 Å². The summed E-state index contributed by atoms with van der Waals surface area (Å²) in [5.41, 5.74) is 4.14. The van der Waals surface area contributed by atoms with Crippen molar-refractivity contribution in [3.8, 4) is 0 Å². The number of hydrogen-bond acceptors (Lipinski definition) is 2. The van der Waals surface area contributed by atoms with Crippen molar-refractivity contribution in [1.82, 2.24) is 0 Å². The minimum atomic E-state index is -1.03. The Bertz CT molecular complexity index is 1780. The third-order valence-electron chi connectivity index (χ3n) is 11.1. The van der Waals surface area contributed by atoms with Crippen LogP contribution >= 0.6 is 0 Å². The van der Waals surface area contributed by atoms with E-state index in [1.807, 2.05) is 48.5 Å². The number of allylic oxidation sites excluding steroid dienone is 4. The molecule has 0 N–H and O–H groups in total. The third kappa shape index (κ3) is 2.72. The molecule has 4 unspecified atom stereocenters. The summed E-state index contributed by atoms with van der Waals surface area (Å²) in [4.78, 5) is 31.0. The third-order valence-corrected chi connectivity index (χ3v) is 11.1. The average Bonchev–Trinajstić information content (AvgIpc) is 3.45. The Labute approximate surface area is 248 Å². The zero-order valence-corrected chi connectivity index (χ0v) is 24.8.